The highest BCUT2D eigenvalue weighted by Crippen LogP contribution is 2.40. The van der Waals surface area contributed by atoms with Gasteiger partial charge in [0.15, 0.2) is 11.5 Å². The number of ether oxygens (including phenoxy) is 2. The first-order chi connectivity index (χ1) is 8.12. The summed E-state index contributed by atoms with van der Waals surface area (Å²) >= 11 is 0. The second kappa shape index (κ2) is 6.67. The second-order valence-electron chi connectivity index (χ2n) is 3.82. The van der Waals surface area contributed by atoms with Gasteiger partial charge in [-0.1, -0.05) is 0 Å². The molecule has 0 aliphatic carbocycles. The normalized spacial score (nSPS) is 12.8. The quantitative estimate of drug-likeness (QED) is 0.794. The van der Waals surface area contributed by atoms with Gasteiger partial charge in [-0.25, -0.2) is 0 Å². The Morgan fingerprint density at radius 1 is 1.24 bits per heavy atom. The SMILES string of the molecule is COc1cc(CC(C)N)cc(OPC)c1OC. The highest BCUT2D eigenvalue weighted by molar-refractivity contribution is 7.31. The third-order valence-electron chi connectivity index (χ3n) is 2.27. The summed E-state index contributed by atoms with van der Waals surface area (Å²) in [7, 11) is 3.58. The van der Waals surface area contributed by atoms with Crippen molar-refractivity contribution in [2.75, 3.05) is 20.9 Å². The zero-order valence-electron chi connectivity index (χ0n) is 10.7. The summed E-state index contributed by atoms with van der Waals surface area (Å²) in [5, 5.41) is 0. The zero-order valence-corrected chi connectivity index (χ0v) is 11.7. The molecule has 4 nitrogen and oxygen atoms in total. The third-order valence-corrected chi connectivity index (χ3v) is 2.70. The van der Waals surface area contributed by atoms with Crippen LogP contribution in [0.5, 0.6) is 17.2 Å². The molecule has 1 rings (SSSR count). The van der Waals surface area contributed by atoms with Gasteiger partial charge in [0, 0.05) is 6.04 Å². The standard InChI is InChI=1S/C12H20NO3P/c1-8(13)5-9-6-10(14-2)12(15-3)11(7-9)16-17-4/h6-8,17H,5,13H2,1-4H3. The van der Waals surface area contributed by atoms with Crippen molar-refractivity contribution in [1.29, 1.82) is 0 Å². The molecule has 0 aliphatic heterocycles. The van der Waals surface area contributed by atoms with E-state index in [1.807, 2.05) is 25.7 Å². The van der Waals surface area contributed by atoms with Gasteiger partial charge in [0.25, 0.3) is 0 Å². The summed E-state index contributed by atoms with van der Waals surface area (Å²) in [5.74, 6) is 2.03. The molecule has 0 fully saturated rings. The molecule has 0 aromatic heterocycles. The molecule has 0 saturated carbocycles. The highest BCUT2D eigenvalue weighted by atomic mass is 31.1. The molecule has 1 aromatic carbocycles. The molecule has 0 aliphatic rings. The van der Waals surface area contributed by atoms with Gasteiger partial charge in [-0.3, -0.25) is 0 Å². The molecule has 5 heteroatoms. The molecule has 0 bridgehead atoms. The maximum Gasteiger partial charge on any atom is 0.203 e. The molecule has 0 heterocycles. The lowest BCUT2D eigenvalue weighted by Crippen LogP contribution is -2.17. The largest absolute Gasteiger partial charge is 0.493 e. The zero-order chi connectivity index (χ0) is 12.8. The van der Waals surface area contributed by atoms with Crippen molar-refractivity contribution in [3.05, 3.63) is 17.7 Å². The van der Waals surface area contributed by atoms with E-state index in [1.165, 1.54) is 0 Å². The van der Waals surface area contributed by atoms with Crippen LogP contribution in [0.2, 0.25) is 0 Å². The fourth-order valence-electron chi connectivity index (χ4n) is 1.66. The van der Waals surface area contributed by atoms with Crippen LogP contribution in [0.1, 0.15) is 12.5 Å². The van der Waals surface area contributed by atoms with Crippen molar-refractivity contribution in [2.45, 2.75) is 19.4 Å². The Morgan fingerprint density at radius 2 is 1.88 bits per heavy atom. The van der Waals surface area contributed by atoms with E-state index in [9.17, 15) is 0 Å². The average Bonchev–Trinajstić information content (AvgIpc) is 2.28. The van der Waals surface area contributed by atoms with Crippen molar-refractivity contribution >= 4 is 8.81 Å². The minimum absolute atomic E-state index is 0.102. The van der Waals surface area contributed by atoms with Crippen molar-refractivity contribution in [3.8, 4) is 17.2 Å². The first kappa shape index (κ1) is 14.1. The summed E-state index contributed by atoms with van der Waals surface area (Å²) < 4.78 is 16.2. The Labute approximate surface area is 104 Å². The van der Waals surface area contributed by atoms with Gasteiger partial charge >= 0.3 is 0 Å². The fraction of sp³-hybridized carbons (Fsp3) is 0.500. The van der Waals surface area contributed by atoms with Crippen molar-refractivity contribution < 1.29 is 14.0 Å². The predicted octanol–water partition coefficient (Wildman–Crippen LogP) is 2.20. The van der Waals surface area contributed by atoms with E-state index in [0.29, 0.717) is 26.1 Å². The number of rotatable bonds is 6. The molecular formula is C12H20NO3P. The summed E-state index contributed by atoms with van der Waals surface area (Å²) in [6.45, 7) is 3.93. The van der Waals surface area contributed by atoms with E-state index >= 15 is 0 Å². The van der Waals surface area contributed by atoms with Gasteiger partial charge in [0.2, 0.25) is 5.75 Å². The van der Waals surface area contributed by atoms with Gasteiger partial charge in [0.1, 0.15) is 0 Å². The molecule has 2 atom stereocenters. The molecule has 0 radical (unpaired) electrons. The van der Waals surface area contributed by atoms with Crippen molar-refractivity contribution in [3.63, 3.8) is 0 Å². The molecule has 17 heavy (non-hydrogen) atoms. The summed E-state index contributed by atoms with van der Waals surface area (Å²) in [5.41, 5.74) is 6.89. The Morgan fingerprint density at radius 3 is 2.35 bits per heavy atom. The molecule has 2 unspecified atom stereocenters. The fourth-order valence-corrected chi connectivity index (χ4v) is 2.03. The van der Waals surface area contributed by atoms with E-state index < -0.39 is 0 Å². The van der Waals surface area contributed by atoms with Gasteiger partial charge < -0.3 is 19.7 Å². The molecule has 2 N–H and O–H groups in total. The maximum atomic E-state index is 5.80. The molecule has 0 saturated heterocycles. The minimum atomic E-state index is 0.102. The van der Waals surface area contributed by atoms with Crippen molar-refractivity contribution in [2.24, 2.45) is 5.73 Å². The van der Waals surface area contributed by atoms with Crippen LogP contribution < -0.4 is 19.7 Å². The van der Waals surface area contributed by atoms with Gasteiger partial charge in [-0.2, -0.15) is 0 Å². The van der Waals surface area contributed by atoms with E-state index in [1.54, 1.807) is 14.2 Å². The third kappa shape index (κ3) is 3.76. The Balaban J connectivity index is 3.14. The van der Waals surface area contributed by atoms with Crippen LogP contribution in [0.3, 0.4) is 0 Å². The molecule has 0 spiro atoms. The number of methoxy groups -OCH3 is 2. The number of hydrogen-bond acceptors (Lipinski definition) is 4. The van der Waals surface area contributed by atoms with Crippen LogP contribution in [-0.2, 0) is 6.42 Å². The molecular weight excluding hydrogens is 237 g/mol. The second-order valence-corrected chi connectivity index (χ2v) is 4.43. The van der Waals surface area contributed by atoms with E-state index in [2.05, 4.69) is 0 Å². The molecule has 96 valence electrons. The average molecular weight is 257 g/mol. The van der Waals surface area contributed by atoms with Crippen molar-refractivity contribution in [1.82, 2.24) is 0 Å². The Hall–Kier alpha value is -0.990. The van der Waals surface area contributed by atoms with Crippen LogP contribution in [0.4, 0.5) is 0 Å². The van der Waals surface area contributed by atoms with Crippen LogP contribution in [0.25, 0.3) is 0 Å². The lowest BCUT2D eigenvalue weighted by Gasteiger charge is -2.15. The number of hydrogen-bond donors (Lipinski definition) is 1. The van der Waals surface area contributed by atoms with Gasteiger partial charge in [-0.15, -0.1) is 0 Å². The monoisotopic (exact) mass is 257 g/mol. The van der Waals surface area contributed by atoms with Crippen LogP contribution >= 0.6 is 8.81 Å². The predicted molar refractivity (Wildman–Crippen MR) is 71.8 cm³/mol. The summed E-state index contributed by atoms with van der Waals surface area (Å²) in [6.07, 6.45) is 0.781. The molecule has 1 aromatic rings. The van der Waals surface area contributed by atoms with Gasteiger partial charge in [0.05, 0.1) is 23.0 Å². The summed E-state index contributed by atoms with van der Waals surface area (Å²) in [6, 6.07) is 4.00. The highest BCUT2D eigenvalue weighted by Gasteiger charge is 2.14. The summed E-state index contributed by atoms with van der Waals surface area (Å²) in [4.78, 5) is 0. The Bertz CT molecular complexity index is 369. The maximum absolute atomic E-state index is 5.80. The smallest absolute Gasteiger partial charge is 0.203 e. The lowest BCUT2D eigenvalue weighted by atomic mass is 10.1. The first-order valence-electron chi connectivity index (χ1n) is 5.46. The minimum Gasteiger partial charge on any atom is -0.493 e. The topological polar surface area (TPSA) is 53.7 Å². The number of nitrogens with two attached hydrogens (primary N) is 1. The Kier molecular flexibility index (Phi) is 5.52. The lowest BCUT2D eigenvalue weighted by molar-refractivity contribution is 0.345. The van der Waals surface area contributed by atoms with Crippen LogP contribution in [0, 0.1) is 0 Å². The van der Waals surface area contributed by atoms with Gasteiger partial charge in [-0.05, 0) is 37.7 Å². The van der Waals surface area contributed by atoms with E-state index in [0.717, 1.165) is 12.0 Å². The first-order valence-corrected chi connectivity index (χ1v) is 6.87. The number of benzene rings is 1. The van der Waals surface area contributed by atoms with Crippen LogP contribution in [-0.4, -0.2) is 26.9 Å². The molecule has 0 amide bonds. The van der Waals surface area contributed by atoms with Crippen LogP contribution in [0.15, 0.2) is 12.1 Å². The van der Waals surface area contributed by atoms with E-state index in [-0.39, 0.29) is 6.04 Å². The van der Waals surface area contributed by atoms with E-state index in [4.69, 9.17) is 19.7 Å².